The van der Waals surface area contributed by atoms with Crippen molar-refractivity contribution >= 4 is 22.6 Å². The molecule has 1 aliphatic heterocycles. The van der Waals surface area contributed by atoms with Gasteiger partial charge in [-0.15, -0.1) is 0 Å². The van der Waals surface area contributed by atoms with Crippen molar-refractivity contribution in [1.82, 2.24) is 10.3 Å². The normalized spacial score (nSPS) is 18.5. The topological polar surface area (TPSA) is 54.5 Å². The van der Waals surface area contributed by atoms with Crippen LogP contribution in [0.1, 0.15) is 43.0 Å². The summed E-state index contributed by atoms with van der Waals surface area (Å²) in [6.45, 7) is 4.64. The lowest BCUT2D eigenvalue weighted by Crippen LogP contribution is -2.37. The minimum absolute atomic E-state index is 0.0200. The molecular formula is C20H25N3O2. The van der Waals surface area contributed by atoms with Crippen LogP contribution in [0.2, 0.25) is 0 Å². The standard InChI is InChI=1S/C20H25N3O2/c1-2-25-15-9-11-23(12-10-15)19-13-17(20(24)21-14-7-8-14)16-5-3-4-6-18(16)22-19/h3-6,13-15H,2,7-12H2,1H3,(H,21,24). The Balaban J connectivity index is 1.62. The van der Waals surface area contributed by atoms with Crippen LogP contribution < -0.4 is 10.2 Å². The van der Waals surface area contributed by atoms with Crippen LogP contribution >= 0.6 is 0 Å². The molecule has 0 bridgehead atoms. The molecule has 1 aliphatic carbocycles. The first-order chi connectivity index (χ1) is 12.2. The molecule has 1 saturated heterocycles. The van der Waals surface area contributed by atoms with E-state index in [2.05, 4.69) is 10.2 Å². The average molecular weight is 339 g/mol. The second-order valence-electron chi connectivity index (χ2n) is 6.93. The van der Waals surface area contributed by atoms with Gasteiger partial charge in [0.2, 0.25) is 0 Å². The third-order valence-corrected chi connectivity index (χ3v) is 5.03. The van der Waals surface area contributed by atoms with Crippen molar-refractivity contribution in [3.63, 3.8) is 0 Å². The first-order valence-electron chi connectivity index (χ1n) is 9.32. The van der Waals surface area contributed by atoms with E-state index in [1.807, 2.05) is 37.3 Å². The van der Waals surface area contributed by atoms with Gasteiger partial charge in [0, 0.05) is 31.1 Å². The summed E-state index contributed by atoms with van der Waals surface area (Å²) >= 11 is 0. The van der Waals surface area contributed by atoms with Gasteiger partial charge in [-0.1, -0.05) is 18.2 Å². The van der Waals surface area contributed by atoms with Gasteiger partial charge in [0.1, 0.15) is 5.82 Å². The van der Waals surface area contributed by atoms with Crippen LogP contribution in [0.15, 0.2) is 30.3 Å². The molecule has 0 unspecified atom stereocenters. The van der Waals surface area contributed by atoms with Crippen LogP contribution in [-0.4, -0.2) is 42.7 Å². The molecule has 0 radical (unpaired) electrons. The highest BCUT2D eigenvalue weighted by atomic mass is 16.5. The van der Waals surface area contributed by atoms with Crippen LogP contribution in [0.3, 0.4) is 0 Å². The monoisotopic (exact) mass is 339 g/mol. The molecule has 25 heavy (non-hydrogen) atoms. The van der Waals surface area contributed by atoms with Crippen molar-refractivity contribution < 1.29 is 9.53 Å². The van der Waals surface area contributed by atoms with E-state index in [1.165, 1.54) is 0 Å². The van der Waals surface area contributed by atoms with Crippen LogP contribution in [-0.2, 0) is 4.74 Å². The van der Waals surface area contributed by atoms with Gasteiger partial charge in [-0.25, -0.2) is 4.98 Å². The minimum atomic E-state index is 0.0200. The van der Waals surface area contributed by atoms with Gasteiger partial charge < -0.3 is 15.0 Å². The Hall–Kier alpha value is -2.14. The molecule has 4 rings (SSSR count). The maximum Gasteiger partial charge on any atom is 0.252 e. The average Bonchev–Trinajstić information content (AvgIpc) is 3.45. The second kappa shape index (κ2) is 7.00. The number of carbonyl (C=O) groups is 1. The number of anilines is 1. The van der Waals surface area contributed by atoms with Crippen LogP contribution in [0.5, 0.6) is 0 Å². The maximum absolute atomic E-state index is 12.7. The van der Waals surface area contributed by atoms with Crippen molar-refractivity contribution in [3.05, 3.63) is 35.9 Å². The van der Waals surface area contributed by atoms with E-state index in [-0.39, 0.29) is 5.91 Å². The zero-order valence-electron chi connectivity index (χ0n) is 14.7. The summed E-state index contributed by atoms with van der Waals surface area (Å²) in [6.07, 6.45) is 4.54. The first-order valence-corrected chi connectivity index (χ1v) is 9.32. The minimum Gasteiger partial charge on any atom is -0.378 e. The number of benzene rings is 1. The quantitative estimate of drug-likeness (QED) is 0.909. The molecule has 0 spiro atoms. The SMILES string of the molecule is CCOC1CCN(c2cc(C(=O)NC3CC3)c3ccccc3n2)CC1. The highest BCUT2D eigenvalue weighted by Crippen LogP contribution is 2.27. The molecule has 132 valence electrons. The number of aromatic nitrogens is 1. The fourth-order valence-corrected chi connectivity index (χ4v) is 3.49. The van der Waals surface area contributed by atoms with E-state index in [0.29, 0.717) is 12.1 Å². The lowest BCUT2D eigenvalue weighted by atomic mass is 10.1. The molecular weight excluding hydrogens is 314 g/mol. The zero-order chi connectivity index (χ0) is 17.2. The van der Waals surface area contributed by atoms with E-state index in [9.17, 15) is 4.79 Å². The summed E-state index contributed by atoms with van der Waals surface area (Å²) < 4.78 is 5.74. The van der Waals surface area contributed by atoms with Crippen molar-refractivity contribution in [2.75, 3.05) is 24.6 Å². The van der Waals surface area contributed by atoms with Gasteiger partial charge in [0.15, 0.2) is 0 Å². The largest absolute Gasteiger partial charge is 0.378 e. The molecule has 0 atom stereocenters. The smallest absolute Gasteiger partial charge is 0.252 e. The van der Waals surface area contributed by atoms with Crippen LogP contribution in [0, 0.1) is 0 Å². The zero-order valence-corrected chi connectivity index (χ0v) is 14.7. The fraction of sp³-hybridized carbons (Fsp3) is 0.500. The number of nitrogens with one attached hydrogen (secondary N) is 1. The Kier molecular flexibility index (Phi) is 4.57. The molecule has 1 amide bonds. The van der Waals surface area contributed by atoms with Crippen molar-refractivity contribution in [2.24, 2.45) is 0 Å². The van der Waals surface area contributed by atoms with Gasteiger partial charge in [0.05, 0.1) is 17.2 Å². The van der Waals surface area contributed by atoms with E-state index in [4.69, 9.17) is 9.72 Å². The Labute approximate surface area is 148 Å². The van der Waals surface area contributed by atoms with Gasteiger partial charge in [-0.05, 0) is 44.7 Å². The highest BCUT2D eigenvalue weighted by molar-refractivity contribution is 6.07. The van der Waals surface area contributed by atoms with Crippen molar-refractivity contribution in [2.45, 2.75) is 44.8 Å². The van der Waals surface area contributed by atoms with Crippen LogP contribution in [0.25, 0.3) is 10.9 Å². The number of fused-ring (bicyclic) bond motifs is 1. The summed E-state index contributed by atoms with van der Waals surface area (Å²) in [5.74, 6) is 0.918. The third kappa shape index (κ3) is 3.61. The third-order valence-electron chi connectivity index (χ3n) is 5.03. The number of amides is 1. The number of carbonyl (C=O) groups excluding carboxylic acids is 1. The summed E-state index contributed by atoms with van der Waals surface area (Å²) in [4.78, 5) is 19.8. The predicted octanol–water partition coefficient (Wildman–Crippen LogP) is 3.13. The molecule has 2 aliphatic rings. The molecule has 1 N–H and O–H groups in total. The number of hydrogen-bond acceptors (Lipinski definition) is 4. The van der Waals surface area contributed by atoms with Gasteiger partial charge in [-0.3, -0.25) is 4.79 Å². The Morgan fingerprint density at radius 3 is 2.72 bits per heavy atom. The number of pyridine rings is 1. The molecule has 2 aromatic rings. The number of para-hydroxylation sites is 1. The molecule has 1 aromatic heterocycles. The fourth-order valence-electron chi connectivity index (χ4n) is 3.49. The molecule has 1 saturated carbocycles. The van der Waals surface area contributed by atoms with E-state index in [1.54, 1.807) is 0 Å². The predicted molar refractivity (Wildman–Crippen MR) is 99.1 cm³/mol. The Morgan fingerprint density at radius 2 is 2.00 bits per heavy atom. The number of piperidine rings is 1. The van der Waals surface area contributed by atoms with E-state index >= 15 is 0 Å². The second-order valence-corrected chi connectivity index (χ2v) is 6.93. The Bertz CT molecular complexity index is 765. The van der Waals surface area contributed by atoms with Gasteiger partial charge >= 0.3 is 0 Å². The molecule has 5 nitrogen and oxygen atoms in total. The first kappa shape index (κ1) is 16.3. The van der Waals surface area contributed by atoms with Gasteiger partial charge in [0.25, 0.3) is 5.91 Å². The number of ether oxygens (including phenoxy) is 1. The van der Waals surface area contributed by atoms with Gasteiger partial charge in [-0.2, -0.15) is 0 Å². The summed E-state index contributed by atoms with van der Waals surface area (Å²) in [5, 5.41) is 4.04. The molecule has 1 aromatic carbocycles. The maximum atomic E-state index is 12.7. The van der Waals surface area contributed by atoms with E-state index in [0.717, 1.165) is 67.7 Å². The van der Waals surface area contributed by atoms with Crippen molar-refractivity contribution in [1.29, 1.82) is 0 Å². The Morgan fingerprint density at radius 1 is 1.24 bits per heavy atom. The summed E-state index contributed by atoms with van der Waals surface area (Å²) in [7, 11) is 0. The van der Waals surface area contributed by atoms with Crippen LogP contribution in [0.4, 0.5) is 5.82 Å². The van der Waals surface area contributed by atoms with E-state index < -0.39 is 0 Å². The lowest BCUT2D eigenvalue weighted by Gasteiger charge is -2.33. The number of hydrogen-bond donors (Lipinski definition) is 1. The number of nitrogens with zero attached hydrogens (tertiary/aromatic N) is 2. The van der Waals surface area contributed by atoms with Crippen molar-refractivity contribution in [3.8, 4) is 0 Å². The summed E-state index contributed by atoms with van der Waals surface area (Å²) in [5.41, 5.74) is 1.62. The molecule has 5 heteroatoms. The molecule has 2 heterocycles. The lowest BCUT2D eigenvalue weighted by molar-refractivity contribution is 0.0458. The highest BCUT2D eigenvalue weighted by Gasteiger charge is 2.26. The summed E-state index contributed by atoms with van der Waals surface area (Å²) in [6, 6.07) is 10.2. The molecule has 2 fully saturated rings. The number of rotatable bonds is 5.